The van der Waals surface area contributed by atoms with Gasteiger partial charge in [0.05, 0.1) is 5.25 Å². The minimum Gasteiger partial charge on any atom is -0.330 e. The second kappa shape index (κ2) is 7.76. The standard InChI is InChI=1S/C15H30N2O2S/c16-12-7-13-17(14-8-3-1-4-9-14)20(18,19)15-10-5-2-6-11-15/h14-15H,1-13,16H2. The minimum atomic E-state index is -3.12. The summed E-state index contributed by atoms with van der Waals surface area (Å²) in [7, 11) is -3.12. The highest BCUT2D eigenvalue weighted by molar-refractivity contribution is 7.89. The van der Waals surface area contributed by atoms with Crippen LogP contribution in [-0.2, 0) is 10.0 Å². The van der Waals surface area contributed by atoms with E-state index >= 15 is 0 Å². The molecule has 0 aliphatic heterocycles. The van der Waals surface area contributed by atoms with Crippen molar-refractivity contribution in [2.24, 2.45) is 5.73 Å². The van der Waals surface area contributed by atoms with Crippen LogP contribution in [0.5, 0.6) is 0 Å². The van der Waals surface area contributed by atoms with Crippen LogP contribution in [0, 0.1) is 0 Å². The molecule has 20 heavy (non-hydrogen) atoms. The molecule has 2 fully saturated rings. The predicted octanol–water partition coefficient (Wildman–Crippen LogP) is 2.63. The van der Waals surface area contributed by atoms with Crippen molar-refractivity contribution in [3.8, 4) is 0 Å². The van der Waals surface area contributed by atoms with Gasteiger partial charge >= 0.3 is 0 Å². The third-order valence-electron chi connectivity index (χ3n) is 4.86. The van der Waals surface area contributed by atoms with Gasteiger partial charge in [-0.1, -0.05) is 38.5 Å². The van der Waals surface area contributed by atoms with Crippen molar-refractivity contribution in [1.29, 1.82) is 0 Å². The van der Waals surface area contributed by atoms with Crippen molar-refractivity contribution in [2.75, 3.05) is 13.1 Å². The number of rotatable bonds is 6. The summed E-state index contributed by atoms with van der Waals surface area (Å²) in [6.45, 7) is 1.20. The van der Waals surface area contributed by atoms with E-state index in [0.29, 0.717) is 13.1 Å². The molecule has 2 aliphatic rings. The van der Waals surface area contributed by atoms with Crippen LogP contribution in [0.15, 0.2) is 0 Å². The van der Waals surface area contributed by atoms with Crippen molar-refractivity contribution in [3.63, 3.8) is 0 Å². The molecule has 2 aliphatic carbocycles. The molecule has 2 rings (SSSR count). The maximum Gasteiger partial charge on any atom is 0.217 e. The Morgan fingerprint density at radius 1 is 0.900 bits per heavy atom. The molecule has 4 nitrogen and oxygen atoms in total. The topological polar surface area (TPSA) is 63.4 Å². The molecule has 0 bridgehead atoms. The van der Waals surface area contributed by atoms with E-state index in [1.807, 2.05) is 4.31 Å². The van der Waals surface area contributed by atoms with E-state index in [2.05, 4.69) is 0 Å². The lowest BCUT2D eigenvalue weighted by molar-refractivity contribution is 0.247. The highest BCUT2D eigenvalue weighted by Crippen LogP contribution is 2.31. The molecule has 0 unspecified atom stereocenters. The molecule has 5 heteroatoms. The van der Waals surface area contributed by atoms with Gasteiger partial charge in [-0.15, -0.1) is 0 Å². The molecule has 0 spiro atoms. The van der Waals surface area contributed by atoms with Gasteiger partial charge in [-0.3, -0.25) is 0 Å². The smallest absolute Gasteiger partial charge is 0.217 e. The van der Waals surface area contributed by atoms with Gasteiger partial charge in [0.25, 0.3) is 0 Å². The maximum absolute atomic E-state index is 13.0. The lowest BCUT2D eigenvalue weighted by Gasteiger charge is -2.37. The van der Waals surface area contributed by atoms with Gasteiger partial charge in [0.1, 0.15) is 0 Å². The van der Waals surface area contributed by atoms with Gasteiger partial charge in [0.15, 0.2) is 0 Å². The first-order valence-corrected chi connectivity index (χ1v) is 9.87. The molecule has 0 aromatic rings. The summed E-state index contributed by atoms with van der Waals surface area (Å²) >= 11 is 0. The van der Waals surface area contributed by atoms with Crippen LogP contribution >= 0.6 is 0 Å². The molecular weight excluding hydrogens is 272 g/mol. The molecular formula is C15H30N2O2S. The summed E-state index contributed by atoms with van der Waals surface area (Å²) in [6, 6.07) is 0.238. The molecule has 0 saturated heterocycles. The molecule has 2 N–H and O–H groups in total. The first-order chi connectivity index (χ1) is 9.66. The lowest BCUT2D eigenvalue weighted by atomic mass is 9.95. The molecule has 0 heterocycles. The third-order valence-corrected chi connectivity index (χ3v) is 7.31. The van der Waals surface area contributed by atoms with Crippen LogP contribution in [0.25, 0.3) is 0 Å². The van der Waals surface area contributed by atoms with Crippen LogP contribution < -0.4 is 5.73 Å². The Kier molecular flexibility index (Phi) is 6.30. The zero-order valence-corrected chi connectivity index (χ0v) is 13.4. The summed E-state index contributed by atoms with van der Waals surface area (Å²) in [6.07, 6.45) is 11.5. The van der Waals surface area contributed by atoms with Crippen molar-refractivity contribution >= 4 is 10.0 Å². The Hall–Kier alpha value is -0.130. The maximum atomic E-state index is 13.0. The lowest BCUT2D eigenvalue weighted by Crippen LogP contribution is -2.47. The average molecular weight is 302 g/mol. The fourth-order valence-electron chi connectivity index (χ4n) is 3.69. The molecule has 0 atom stereocenters. The van der Waals surface area contributed by atoms with Gasteiger partial charge in [-0.25, -0.2) is 8.42 Å². The van der Waals surface area contributed by atoms with E-state index in [1.165, 1.54) is 25.7 Å². The molecule has 0 aromatic carbocycles. The van der Waals surface area contributed by atoms with Crippen LogP contribution in [0.1, 0.15) is 70.6 Å². The highest BCUT2D eigenvalue weighted by atomic mass is 32.2. The second-order valence-electron chi connectivity index (χ2n) is 6.35. The van der Waals surface area contributed by atoms with E-state index in [0.717, 1.165) is 44.9 Å². The fourth-order valence-corrected chi connectivity index (χ4v) is 6.01. The molecule has 0 radical (unpaired) electrons. The zero-order chi connectivity index (χ0) is 14.4. The number of nitrogens with zero attached hydrogens (tertiary/aromatic N) is 1. The second-order valence-corrected chi connectivity index (χ2v) is 8.52. The quantitative estimate of drug-likeness (QED) is 0.820. The Balaban J connectivity index is 2.10. The summed E-state index contributed by atoms with van der Waals surface area (Å²) in [5.41, 5.74) is 5.61. The first kappa shape index (κ1) is 16.2. The number of hydrogen-bond acceptors (Lipinski definition) is 3. The molecule has 2 saturated carbocycles. The van der Waals surface area contributed by atoms with Gasteiger partial charge in [0.2, 0.25) is 10.0 Å². The minimum absolute atomic E-state index is 0.129. The number of hydrogen-bond donors (Lipinski definition) is 1. The molecule has 0 amide bonds. The van der Waals surface area contributed by atoms with Gasteiger partial charge < -0.3 is 5.73 Å². The van der Waals surface area contributed by atoms with E-state index < -0.39 is 10.0 Å². The summed E-state index contributed by atoms with van der Waals surface area (Å²) in [4.78, 5) is 0. The SMILES string of the molecule is NCCCN(C1CCCCC1)S(=O)(=O)C1CCCCC1. The van der Waals surface area contributed by atoms with Crippen LogP contribution in [-0.4, -0.2) is 37.1 Å². The predicted molar refractivity (Wildman–Crippen MR) is 83.0 cm³/mol. The van der Waals surface area contributed by atoms with Crippen molar-refractivity contribution < 1.29 is 8.42 Å². The largest absolute Gasteiger partial charge is 0.330 e. The first-order valence-electron chi connectivity index (χ1n) is 8.37. The number of nitrogens with two attached hydrogens (primary N) is 1. The van der Waals surface area contributed by atoms with E-state index in [-0.39, 0.29) is 11.3 Å². The number of sulfonamides is 1. The van der Waals surface area contributed by atoms with Crippen LogP contribution in [0.4, 0.5) is 0 Å². The summed E-state index contributed by atoms with van der Waals surface area (Å²) in [5, 5.41) is -0.129. The Bertz CT molecular complexity index is 371. The normalized spacial score (nSPS) is 23.3. The summed E-state index contributed by atoms with van der Waals surface area (Å²) < 4.78 is 27.8. The Morgan fingerprint density at radius 3 is 2.00 bits per heavy atom. The Morgan fingerprint density at radius 2 is 1.45 bits per heavy atom. The van der Waals surface area contributed by atoms with Crippen LogP contribution in [0.3, 0.4) is 0 Å². The molecule has 118 valence electrons. The summed E-state index contributed by atoms with van der Waals surface area (Å²) in [5.74, 6) is 0. The van der Waals surface area contributed by atoms with Gasteiger partial charge in [-0.05, 0) is 38.6 Å². The van der Waals surface area contributed by atoms with E-state index in [1.54, 1.807) is 0 Å². The van der Waals surface area contributed by atoms with Gasteiger partial charge in [-0.2, -0.15) is 4.31 Å². The average Bonchev–Trinajstić information content (AvgIpc) is 2.49. The highest BCUT2D eigenvalue weighted by Gasteiger charge is 2.36. The van der Waals surface area contributed by atoms with Crippen LogP contribution in [0.2, 0.25) is 0 Å². The van der Waals surface area contributed by atoms with Crippen molar-refractivity contribution in [2.45, 2.75) is 81.9 Å². The molecule has 0 aromatic heterocycles. The van der Waals surface area contributed by atoms with Crippen molar-refractivity contribution in [1.82, 2.24) is 4.31 Å². The third kappa shape index (κ3) is 3.95. The van der Waals surface area contributed by atoms with Crippen molar-refractivity contribution in [3.05, 3.63) is 0 Å². The van der Waals surface area contributed by atoms with Gasteiger partial charge in [0, 0.05) is 12.6 Å². The monoisotopic (exact) mass is 302 g/mol. The Labute approximate surface area is 124 Å². The van der Waals surface area contributed by atoms with E-state index in [4.69, 9.17) is 5.73 Å². The van der Waals surface area contributed by atoms with E-state index in [9.17, 15) is 8.42 Å². The fraction of sp³-hybridized carbons (Fsp3) is 1.00. The zero-order valence-electron chi connectivity index (χ0n) is 12.6.